The molecule has 4 aromatic rings. The molecule has 4 rings (SSSR count). The van der Waals surface area contributed by atoms with E-state index in [0.29, 0.717) is 15.9 Å². The van der Waals surface area contributed by atoms with Gasteiger partial charge in [-0.25, -0.2) is 4.98 Å². The molecular formula is C20H17N5O2S. The number of anilines is 1. The van der Waals surface area contributed by atoms with Crippen molar-refractivity contribution in [2.75, 3.05) is 5.32 Å². The molecule has 0 spiro atoms. The molecule has 3 aromatic heterocycles. The summed E-state index contributed by atoms with van der Waals surface area (Å²) in [5, 5.41) is 2.85. The van der Waals surface area contributed by atoms with Gasteiger partial charge in [-0.05, 0) is 49.1 Å². The van der Waals surface area contributed by atoms with E-state index in [-0.39, 0.29) is 18.0 Å². The third-order valence-corrected chi connectivity index (χ3v) is 5.20. The summed E-state index contributed by atoms with van der Waals surface area (Å²) in [5.74, 6) is -0.283. The highest BCUT2D eigenvalue weighted by Gasteiger charge is 2.15. The Morgan fingerprint density at radius 3 is 2.71 bits per heavy atom. The van der Waals surface area contributed by atoms with Gasteiger partial charge in [-0.2, -0.15) is 4.37 Å². The van der Waals surface area contributed by atoms with Gasteiger partial charge in [-0.3, -0.25) is 19.1 Å². The molecule has 0 aliphatic heterocycles. The molecule has 28 heavy (non-hydrogen) atoms. The first-order chi connectivity index (χ1) is 13.5. The Hall–Kier alpha value is -3.39. The molecule has 0 saturated heterocycles. The number of amides is 1. The highest BCUT2D eigenvalue weighted by Crippen LogP contribution is 2.26. The number of nitrogens with zero attached hydrogens (tertiary/aromatic N) is 4. The number of hydrogen-bond donors (Lipinski definition) is 1. The van der Waals surface area contributed by atoms with E-state index in [9.17, 15) is 9.59 Å². The van der Waals surface area contributed by atoms with Crippen LogP contribution in [0.3, 0.4) is 0 Å². The van der Waals surface area contributed by atoms with Crippen molar-refractivity contribution in [3.8, 4) is 11.3 Å². The summed E-state index contributed by atoms with van der Waals surface area (Å²) in [6.45, 7) is 3.81. The van der Waals surface area contributed by atoms with E-state index in [4.69, 9.17) is 0 Å². The second-order valence-electron chi connectivity index (χ2n) is 6.49. The smallest absolute Gasteiger partial charge is 0.273 e. The van der Waals surface area contributed by atoms with Crippen LogP contribution in [-0.2, 0) is 11.3 Å². The maximum atomic E-state index is 12.8. The van der Waals surface area contributed by atoms with Crippen molar-refractivity contribution in [3.63, 3.8) is 0 Å². The third-order valence-electron chi connectivity index (χ3n) is 4.37. The van der Waals surface area contributed by atoms with Crippen molar-refractivity contribution in [2.45, 2.75) is 20.4 Å². The van der Waals surface area contributed by atoms with Crippen molar-refractivity contribution < 1.29 is 4.79 Å². The minimum atomic E-state index is -0.283. The van der Waals surface area contributed by atoms with Crippen molar-refractivity contribution in [1.82, 2.24) is 18.9 Å². The molecule has 1 N–H and O–H groups in total. The first kappa shape index (κ1) is 18.0. The van der Waals surface area contributed by atoms with Gasteiger partial charge in [0.15, 0.2) is 0 Å². The van der Waals surface area contributed by atoms with Gasteiger partial charge in [0, 0.05) is 23.6 Å². The number of hydrogen-bond acceptors (Lipinski definition) is 6. The minimum absolute atomic E-state index is 0.114. The highest BCUT2D eigenvalue weighted by atomic mass is 32.1. The van der Waals surface area contributed by atoms with Gasteiger partial charge < -0.3 is 5.32 Å². The first-order valence-electron chi connectivity index (χ1n) is 8.65. The lowest BCUT2D eigenvalue weighted by Gasteiger charge is -2.10. The predicted octanol–water partition coefficient (Wildman–Crippen LogP) is 3.17. The summed E-state index contributed by atoms with van der Waals surface area (Å²) in [6, 6.07) is 9.42. The number of carbonyl (C=O) groups is 1. The molecule has 0 unspecified atom stereocenters. The van der Waals surface area contributed by atoms with Crippen molar-refractivity contribution in [2.24, 2.45) is 0 Å². The van der Waals surface area contributed by atoms with Gasteiger partial charge in [0.2, 0.25) is 5.91 Å². The molecule has 0 bridgehead atoms. The zero-order valence-electron chi connectivity index (χ0n) is 15.3. The summed E-state index contributed by atoms with van der Waals surface area (Å²) in [4.78, 5) is 33.6. The Labute approximate surface area is 164 Å². The van der Waals surface area contributed by atoms with Crippen molar-refractivity contribution in [1.29, 1.82) is 0 Å². The molecular weight excluding hydrogens is 374 g/mol. The van der Waals surface area contributed by atoms with Gasteiger partial charge in [0.05, 0.1) is 6.33 Å². The lowest BCUT2D eigenvalue weighted by Crippen LogP contribution is -2.27. The van der Waals surface area contributed by atoms with E-state index in [1.165, 1.54) is 10.9 Å². The Bertz CT molecular complexity index is 1230. The van der Waals surface area contributed by atoms with Crippen LogP contribution in [0.25, 0.3) is 21.5 Å². The number of fused-ring (bicyclic) bond motifs is 1. The van der Waals surface area contributed by atoms with Crippen LogP contribution in [0.1, 0.15) is 11.1 Å². The average molecular weight is 391 g/mol. The minimum Gasteiger partial charge on any atom is -0.324 e. The quantitative estimate of drug-likeness (QED) is 0.577. The van der Waals surface area contributed by atoms with Crippen molar-refractivity contribution >= 4 is 33.3 Å². The number of rotatable bonds is 4. The van der Waals surface area contributed by atoms with Gasteiger partial charge in [0.25, 0.3) is 5.56 Å². The molecule has 0 saturated carbocycles. The molecule has 8 heteroatoms. The van der Waals surface area contributed by atoms with Crippen LogP contribution in [0.4, 0.5) is 5.69 Å². The molecule has 0 aliphatic carbocycles. The van der Waals surface area contributed by atoms with E-state index in [0.717, 1.165) is 33.9 Å². The molecule has 0 fully saturated rings. The molecule has 7 nitrogen and oxygen atoms in total. The zero-order chi connectivity index (χ0) is 19.7. The maximum Gasteiger partial charge on any atom is 0.273 e. The summed E-state index contributed by atoms with van der Waals surface area (Å²) in [6.07, 6.45) is 4.73. The Balaban J connectivity index is 1.60. The van der Waals surface area contributed by atoms with Crippen LogP contribution in [0.5, 0.6) is 0 Å². The first-order valence-corrected chi connectivity index (χ1v) is 9.42. The molecule has 1 aromatic carbocycles. The van der Waals surface area contributed by atoms with Crippen molar-refractivity contribution in [3.05, 3.63) is 70.5 Å². The van der Waals surface area contributed by atoms with E-state index < -0.39 is 0 Å². The van der Waals surface area contributed by atoms with E-state index in [1.54, 1.807) is 12.4 Å². The average Bonchev–Trinajstić information content (AvgIpc) is 3.12. The number of nitrogens with one attached hydrogen (secondary N) is 1. The zero-order valence-corrected chi connectivity index (χ0v) is 16.2. The predicted molar refractivity (Wildman–Crippen MR) is 109 cm³/mol. The maximum absolute atomic E-state index is 12.8. The van der Waals surface area contributed by atoms with Crippen LogP contribution in [0.15, 0.2) is 53.8 Å². The lowest BCUT2D eigenvalue weighted by atomic mass is 10.1. The van der Waals surface area contributed by atoms with Crippen LogP contribution in [0.2, 0.25) is 0 Å². The molecule has 3 heterocycles. The summed E-state index contributed by atoms with van der Waals surface area (Å²) in [7, 11) is 0. The summed E-state index contributed by atoms with van der Waals surface area (Å²) in [5.41, 5.74) is 4.57. The van der Waals surface area contributed by atoms with Gasteiger partial charge in [0.1, 0.15) is 22.5 Å². The molecule has 0 atom stereocenters. The Morgan fingerprint density at radius 2 is 1.96 bits per heavy atom. The normalized spacial score (nSPS) is 10.9. The van der Waals surface area contributed by atoms with Gasteiger partial charge in [-0.15, -0.1) is 0 Å². The van der Waals surface area contributed by atoms with Gasteiger partial charge in [-0.1, -0.05) is 17.7 Å². The summed E-state index contributed by atoms with van der Waals surface area (Å²) >= 11 is 1.09. The fourth-order valence-electron chi connectivity index (χ4n) is 2.97. The topological polar surface area (TPSA) is 89.8 Å². The monoisotopic (exact) mass is 391 g/mol. The second-order valence-corrected chi connectivity index (χ2v) is 7.26. The van der Waals surface area contributed by atoms with Crippen LogP contribution >= 0.6 is 11.5 Å². The molecule has 140 valence electrons. The third kappa shape index (κ3) is 3.41. The molecule has 0 aliphatic rings. The van der Waals surface area contributed by atoms with E-state index >= 15 is 0 Å². The van der Waals surface area contributed by atoms with E-state index in [2.05, 4.69) is 19.7 Å². The number of pyridine rings is 1. The molecule has 0 radical (unpaired) electrons. The fourth-order valence-corrected chi connectivity index (χ4v) is 3.77. The van der Waals surface area contributed by atoms with Crippen LogP contribution in [-0.4, -0.2) is 24.8 Å². The number of aryl methyl sites for hydroxylation is 2. The number of benzene rings is 1. The Kier molecular flexibility index (Phi) is 4.70. The number of aromatic nitrogens is 4. The fraction of sp³-hybridized carbons (Fsp3) is 0.150. The van der Waals surface area contributed by atoms with Crippen LogP contribution < -0.4 is 10.9 Å². The van der Waals surface area contributed by atoms with E-state index in [1.807, 2.05) is 44.2 Å². The molecule has 1 amide bonds. The SMILES string of the molecule is Cc1ccc(NC(=O)Cn2cnc3c(-c4ccncc4)nsc3c2=O)c(C)c1. The Morgan fingerprint density at radius 1 is 1.18 bits per heavy atom. The van der Waals surface area contributed by atoms with Gasteiger partial charge >= 0.3 is 0 Å². The number of carbonyl (C=O) groups excluding carboxylic acids is 1. The summed E-state index contributed by atoms with van der Waals surface area (Å²) < 4.78 is 6.10. The highest BCUT2D eigenvalue weighted by molar-refractivity contribution is 7.13. The van der Waals surface area contributed by atoms with Crippen LogP contribution in [0, 0.1) is 13.8 Å². The standard InChI is InChI=1S/C20H17N5O2S/c1-12-3-4-15(13(2)9-12)23-16(26)10-25-11-22-18-17(14-5-7-21-8-6-14)24-28-19(18)20(25)27/h3-9,11H,10H2,1-2H3,(H,23,26). The lowest BCUT2D eigenvalue weighted by molar-refractivity contribution is -0.116. The largest absolute Gasteiger partial charge is 0.324 e. The second kappa shape index (κ2) is 7.32.